The second kappa shape index (κ2) is 4.27. The highest BCUT2D eigenvalue weighted by molar-refractivity contribution is 6.42. The molecule has 0 atom stereocenters. The first kappa shape index (κ1) is 11.8. The number of aromatic nitrogens is 3. The van der Waals surface area contributed by atoms with E-state index in [4.69, 9.17) is 23.2 Å². The maximum atomic E-state index is 6.02. The molecular weight excluding hydrogens is 293 g/mol. The monoisotopic (exact) mass is 301 g/mol. The van der Waals surface area contributed by atoms with Gasteiger partial charge in [0.1, 0.15) is 0 Å². The smallest absolute Gasteiger partial charge is 0.155 e. The summed E-state index contributed by atoms with van der Waals surface area (Å²) in [5, 5.41) is 2.18. The van der Waals surface area contributed by atoms with Crippen molar-refractivity contribution in [2.45, 2.75) is 0 Å². The minimum atomic E-state index is 0.508. The van der Waals surface area contributed by atoms with Crippen LogP contribution in [0.4, 0.5) is 0 Å². The predicted octanol–water partition coefficient (Wildman–Crippen LogP) is 5.02. The maximum Gasteiger partial charge on any atom is 0.155 e. The van der Waals surface area contributed by atoms with Crippen LogP contribution in [0, 0.1) is 0 Å². The minimum absolute atomic E-state index is 0.508. The molecule has 0 spiro atoms. The second-order valence-electron chi connectivity index (χ2n) is 4.64. The van der Waals surface area contributed by atoms with Gasteiger partial charge in [0.05, 0.1) is 26.8 Å². The lowest BCUT2D eigenvalue weighted by atomic mass is 10.2. The van der Waals surface area contributed by atoms with Crippen LogP contribution in [0.25, 0.3) is 33.5 Å². The Morgan fingerprint density at radius 3 is 2.50 bits per heavy atom. The molecule has 20 heavy (non-hydrogen) atoms. The first-order valence-electron chi connectivity index (χ1n) is 6.13. The lowest BCUT2D eigenvalue weighted by Gasteiger charge is -1.93. The van der Waals surface area contributed by atoms with Gasteiger partial charge in [0.15, 0.2) is 5.82 Å². The van der Waals surface area contributed by atoms with Crippen LogP contribution in [0.5, 0.6) is 0 Å². The lowest BCUT2D eigenvalue weighted by Crippen LogP contribution is -1.78. The van der Waals surface area contributed by atoms with Gasteiger partial charge < -0.3 is 9.97 Å². The quantitative estimate of drug-likeness (QED) is 0.509. The molecule has 0 aliphatic rings. The highest BCUT2D eigenvalue weighted by Crippen LogP contribution is 2.29. The van der Waals surface area contributed by atoms with E-state index in [1.165, 1.54) is 0 Å². The van der Waals surface area contributed by atoms with Crippen molar-refractivity contribution in [1.82, 2.24) is 15.0 Å². The summed E-state index contributed by atoms with van der Waals surface area (Å²) >= 11 is 12.0. The van der Waals surface area contributed by atoms with Crippen LogP contribution < -0.4 is 0 Å². The number of nitrogens with one attached hydrogen (secondary N) is 2. The number of aromatic amines is 2. The molecular formula is C15H9Cl2N3. The van der Waals surface area contributed by atoms with Crippen molar-refractivity contribution >= 4 is 45.1 Å². The number of nitrogens with zero attached hydrogens (tertiary/aromatic N) is 1. The third-order valence-corrected chi connectivity index (χ3v) is 4.03. The zero-order valence-corrected chi connectivity index (χ0v) is 11.8. The summed E-state index contributed by atoms with van der Waals surface area (Å²) < 4.78 is 0. The summed E-state index contributed by atoms with van der Waals surface area (Å²) in [4.78, 5) is 11.1. The van der Waals surface area contributed by atoms with Gasteiger partial charge in [-0.05, 0) is 24.3 Å². The van der Waals surface area contributed by atoms with Crippen molar-refractivity contribution in [3.05, 3.63) is 52.5 Å². The summed E-state index contributed by atoms with van der Waals surface area (Å²) in [6.07, 6.45) is 0. The second-order valence-corrected chi connectivity index (χ2v) is 5.45. The predicted molar refractivity (Wildman–Crippen MR) is 83.4 cm³/mol. The lowest BCUT2D eigenvalue weighted by molar-refractivity contribution is 1.29. The van der Waals surface area contributed by atoms with E-state index in [0.717, 1.165) is 33.5 Å². The molecule has 4 aromatic rings. The molecule has 0 aliphatic heterocycles. The zero-order chi connectivity index (χ0) is 13.7. The fraction of sp³-hybridized carbons (Fsp3) is 0. The molecule has 0 fully saturated rings. The van der Waals surface area contributed by atoms with E-state index in [1.54, 1.807) is 12.1 Å². The number of H-pyrrole nitrogens is 2. The molecule has 2 heterocycles. The summed E-state index contributed by atoms with van der Waals surface area (Å²) in [5.74, 6) is 0.773. The van der Waals surface area contributed by atoms with Gasteiger partial charge in [0.25, 0.3) is 0 Å². The molecule has 0 aliphatic carbocycles. The Hall–Kier alpha value is -1.97. The minimum Gasteiger partial charge on any atom is -0.352 e. The molecule has 5 heteroatoms. The number of imidazole rings is 1. The van der Waals surface area contributed by atoms with Crippen molar-refractivity contribution in [3.8, 4) is 11.5 Å². The van der Waals surface area contributed by atoms with E-state index in [0.29, 0.717) is 10.0 Å². The molecule has 2 N–H and O–H groups in total. The van der Waals surface area contributed by atoms with Crippen molar-refractivity contribution in [2.24, 2.45) is 0 Å². The van der Waals surface area contributed by atoms with Gasteiger partial charge >= 0.3 is 0 Å². The number of rotatable bonds is 1. The van der Waals surface area contributed by atoms with Crippen LogP contribution in [0.3, 0.4) is 0 Å². The average Bonchev–Trinajstić information content (AvgIpc) is 3.02. The number of fused-ring (bicyclic) bond motifs is 2. The van der Waals surface area contributed by atoms with Gasteiger partial charge in [0, 0.05) is 10.9 Å². The Morgan fingerprint density at radius 1 is 0.850 bits per heavy atom. The molecule has 3 nitrogen and oxygen atoms in total. The topological polar surface area (TPSA) is 44.5 Å². The fourth-order valence-electron chi connectivity index (χ4n) is 2.33. The first-order chi connectivity index (χ1) is 9.70. The van der Waals surface area contributed by atoms with E-state index in [2.05, 4.69) is 27.1 Å². The maximum absolute atomic E-state index is 6.02. The molecule has 98 valence electrons. The number of halogens is 2. The fourth-order valence-corrected chi connectivity index (χ4v) is 2.65. The molecule has 2 aromatic carbocycles. The van der Waals surface area contributed by atoms with Crippen LogP contribution in [0.2, 0.25) is 10.0 Å². The Balaban J connectivity index is 1.93. The Kier molecular flexibility index (Phi) is 2.52. The molecule has 4 rings (SSSR count). The van der Waals surface area contributed by atoms with E-state index in [9.17, 15) is 0 Å². The molecule has 0 bridgehead atoms. The standard InChI is InChI=1S/C15H9Cl2N3/c16-9-6-12-13(7-10(9)17)20-15(19-12)14-5-8-3-1-2-4-11(8)18-14/h1-7,18H,(H,19,20). The van der Waals surface area contributed by atoms with Crippen LogP contribution in [-0.4, -0.2) is 15.0 Å². The number of hydrogen-bond acceptors (Lipinski definition) is 1. The van der Waals surface area contributed by atoms with E-state index in [-0.39, 0.29) is 0 Å². The molecule has 0 amide bonds. The summed E-state index contributed by atoms with van der Waals surface area (Å²) in [5.41, 5.74) is 3.69. The van der Waals surface area contributed by atoms with E-state index < -0.39 is 0 Å². The normalized spacial score (nSPS) is 11.5. The van der Waals surface area contributed by atoms with E-state index in [1.807, 2.05) is 18.2 Å². The molecule has 0 radical (unpaired) electrons. The molecule has 0 saturated heterocycles. The number of benzene rings is 2. The van der Waals surface area contributed by atoms with Gasteiger partial charge in [0.2, 0.25) is 0 Å². The van der Waals surface area contributed by atoms with Crippen molar-refractivity contribution in [1.29, 1.82) is 0 Å². The Labute approximate surface area is 124 Å². The molecule has 2 aromatic heterocycles. The third-order valence-electron chi connectivity index (χ3n) is 3.31. The van der Waals surface area contributed by atoms with Gasteiger partial charge in [-0.1, -0.05) is 41.4 Å². The summed E-state index contributed by atoms with van der Waals surface area (Å²) in [6.45, 7) is 0. The van der Waals surface area contributed by atoms with E-state index >= 15 is 0 Å². The Morgan fingerprint density at radius 2 is 1.65 bits per heavy atom. The summed E-state index contributed by atoms with van der Waals surface area (Å²) in [7, 11) is 0. The van der Waals surface area contributed by atoms with Gasteiger partial charge in [-0.25, -0.2) is 4.98 Å². The van der Waals surface area contributed by atoms with Crippen molar-refractivity contribution < 1.29 is 0 Å². The van der Waals surface area contributed by atoms with Crippen LogP contribution >= 0.6 is 23.2 Å². The first-order valence-corrected chi connectivity index (χ1v) is 6.89. The zero-order valence-electron chi connectivity index (χ0n) is 10.2. The third kappa shape index (κ3) is 1.79. The highest BCUT2D eigenvalue weighted by atomic mass is 35.5. The van der Waals surface area contributed by atoms with Gasteiger partial charge in [-0.15, -0.1) is 0 Å². The van der Waals surface area contributed by atoms with Crippen LogP contribution in [0.15, 0.2) is 42.5 Å². The SMILES string of the molecule is Clc1cc2nc(-c3cc4ccccc4[nH]3)[nH]c2cc1Cl. The van der Waals surface area contributed by atoms with Crippen LogP contribution in [0.1, 0.15) is 0 Å². The number of hydrogen-bond donors (Lipinski definition) is 2. The highest BCUT2D eigenvalue weighted by Gasteiger charge is 2.10. The van der Waals surface area contributed by atoms with Gasteiger partial charge in [-0.2, -0.15) is 0 Å². The van der Waals surface area contributed by atoms with Crippen LogP contribution in [-0.2, 0) is 0 Å². The van der Waals surface area contributed by atoms with Crippen molar-refractivity contribution in [3.63, 3.8) is 0 Å². The number of para-hydroxylation sites is 1. The van der Waals surface area contributed by atoms with Crippen molar-refractivity contribution in [2.75, 3.05) is 0 Å². The Bertz CT molecular complexity index is 865. The molecule has 0 saturated carbocycles. The largest absolute Gasteiger partial charge is 0.352 e. The average molecular weight is 302 g/mol. The summed E-state index contributed by atoms with van der Waals surface area (Å²) in [6, 6.07) is 13.7. The van der Waals surface area contributed by atoms with Gasteiger partial charge in [-0.3, -0.25) is 0 Å². The molecule has 0 unspecified atom stereocenters.